The Bertz CT molecular complexity index is 383. The number of hydrogen-bond acceptors (Lipinski definition) is 3. The van der Waals surface area contributed by atoms with Crippen LogP contribution in [0.3, 0.4) is 0 Å². The second-order valence-corrected chi connectivity index (χ2v) is 4.53. The molecule has 0 unspecified atom stereocenters. The Morgan fingerprint density at radius 1 is 1.47 bits per heavy atom. The molecule has 17 heavy (non-hydrogen) atoms. The number of amides is 1. The van der Waals surface area contributed by atoms with Crippen LogP contribution in [-0.4, -0.2) is 32.7 Å². The Balaban J connectivity index is 2.39. The first-order valence-electron chi connectivity index (χ1n) is 5.39. The summed E-state index contributed by atoms with van der Waals surface area (Å²) < 4.78 is 5.80. The van der Waals surface area contributed by atoms with Crippen LogP contribution in [0, 0.1) is 6.92 Å². The Morgan fingerprint density at radius 3 is 2.94 bits per heavy atom. The van der Waals surface area contributed by atoms with Gasteiger partial charge in [-0.05, 0) is 40.5 Å². The van der Waals surface area contributed by atoms with Crippen LogP contribution in [-0.2, 0) is 9.53 Å². The van der Waals surface area contributed by atoms with E-state index in [-0.39, 0.29) is 12.5 Å². The van der Waals surface area contributed by atoms with Crippen LogP contribution in [0.1, 0.15) is 5.56 Å². The van der Waals surface area contributed by atoms with Crippen molar-refractivity contribution < 1.29 is 9.53 Å². The summed E-state index contributed by atoms with van der Waals surface area (Å²) in [7, 11) is 1.61. The molecule has 2 N–H and O–H groups in total. The Labute approximate surface area is 110 Å². The molecular formula is C12H17BrN2O2. The molecule has 0 saturated carbocycles. The number of ether oxygens (including phenoxy) is 1. The molecule has 1 aromatic rings. The number of aryl methyl sites for hydroxylation is 1. The molecule has 1 aromatic carbocycles. The van der Waals surface area contributed by atoms with E-state index in [0.29, 0.717) is 13.2 Å². The SMILES string of the molecule is COCCNC(=O)CNc1cc(C)ccc1Br. The van der Waals surface area contributed by atoms with E-state index in [4.69, 9.17) is 4.74 Å². The van der Waals surface area contributed by atoms with E-state index in [1.54, 1.807) is 7.11 Å². The van der Waals surface area contributed by atoms with Gasteiger partial charge in [-0.25, -0.2) is 0 Å². The molecule has 1 rings (SSSR count). The summed E-state index contributed by atoms with van der Waals surface area (Å²) in [5.74, 6) is -0.0459. The lowest BCUT2D eigenvalue weighted by atomic mass is 10.2. The largest absolute Gasteiger partial charge is 0.383 e. The average molecular weight is 301 g/mol. The van der Waals surface area contributed by atoms with Crippen LogP contribution in [0.2, 0.25) is 0 Å². The molecule has 4 nitrogen and oxygen atoms in total. The van der Waals surface area contributed by atoms with Gasteiger partial charge in [-0.1, -0.05) is 6.07 Å². The van der Waals surface area contributed by atoms with Crippen molar-refractivity contribution in [3.05, 3.63) is 28.2 Å². The zero-order valence-corrected chi connectivity index (χ0v) is 11.6. The van der Waals surface area contributed by atoms with Gasteiger partial charge < -0.3 is 15.4 Å². The molecule has 0 aliphatic rings. The molecule has 0 spiro atoms. The molecule has 0 radical (unpaired) electrons. The second kappa shape index (κ2) is 7.29. The minimum Gasteiger partial charge on any atom is -0.383 e. The number of rotatable bonds is 6. The molecule has 0 aliphatic carbocycles. The number of nitrogens with one attached hydrogen (secondary N) is 2. The first-order chi connectivity index (χ1) is 8.13. The molecule has 0 aromatic heterocycles. The quantitative estimate of drug-likeness (QED) is 0.789. The maximum atomic E-state index is 11.4. The number of halogens is 1. The third-order valence-corrected chi connectivity index (χ3v) is 2.88. The van der Waals surface area contributed by atoms with E-state index < -0.39 is 0 Å². The zero-order chi connectivity index (χ0) is 12.7. The number of carbonyl (C=O) groups excluding carboxylic acids is 1. The van der Waals surface area contributed by atoms with Crippen molar-refractivity contribution in [3.63, 3.8) is 0 Å². The molecule has 0 fully saturated rings. The van der Waals surface area contributed by atoms with Crippen molar-refractivity contribution in [2.24, 2.45) is 0 Å². The van der Waals surface area contributed by atoms with Gasteiger partial charge in [0.15, 0.2) is 0 Å². The normalized spacial score (nSPS) is 10.1. The molecule has 0 aliphatic heterocycles. The van der Waals surface area contributed by atoms with Crippen molar-refractivity contribution in [2.75, 3.05) is 32.1 Å². The molecule has 1 amide bonds. The highest BCUT2D eigenvalue weighted by atomic mass is 79.9. The number of methoxy groups -OCH3 is 1. The zero-order valence-electron chi connectivity index (χ0n) is 10.0. The predicted molar refractivity (Wildman–Crippen MR) is 72.3 cm³/mol. The number of benzene rings is 1. The highest BCUT2D eigenvalue weighted by molar-refractivity contribution is 9.10. The van der Waals surface area contributed by atoms with Crippen molar-refractivity contribution in [2.45, 2.75) is 6.92 Å². The van der Waals surface area contributed by atoms with Gasteiger partial charge >= 0.3 is 0 Å². The van der Waals surface area contributed by atoms with Gasteiger partial charge in [0.05, 0.1) is 13.2 Å². The fourth-order valence-corrected chi connectivity index (χ4v) is 1.69. The summed E-state index contributed by atoms with van der Waals surface area (Å²) in [5.41, 5.74) is 2.07. The van der Waals surface area contributed by atoms with E-state index in [1.165, 1.54) is 0 Å². The molecule has 0 bridgehead atoms. The van der Waals surface area contributed by atoms with Crippen molar-refractivity contribution in [1.29, 1.82) is 0 Å². The molecule has 5 heteroatoms. The summed E-state index contributed by atoms with van der Waals surface area (Å²) in [4.78, 5) is 11.4. The standard InChI is InChI=1S/C12H17BrN2O2/c1-9-3-4-10(13)11(7-9)15-8-12(16)14-5-6-17-2/h3-4,7,15H,5-6,8H2,1-2H3,(H,14,16). The van der Waals surface area contributed by atoms with Gasteiger partial charge in [0.25, 0.3) is 0 Å². The maximum absolute atomic E-state index is 11.4. The van der Waals surface area contributed by atoms with Gasteiger partial charge in [0.2, 0.25) is 5.91 Å². The average Bonchev–Trinajstić information content (AvgIpc) is 2.31. The molecular weight excluding hydrogens is 284 g/mol. The van der Waals surface area contributed by atoms with Crippen molar-refractivity contribution in [3.8, 4) is 0 Å². The van der Waals surface area contributed by atoms with Crippen LogP contribution in [0.5, 0.6) is 0 Å². The monoisotopic (exact) mass is 300 g/mol. The van der Waals surface area contributed by atoms with Crippen LogP contribution in [0.25, 0.3) is 0 Å². The summed E-state index contributed by atoms with van der Waals surface area (Å²) in [6, 6.07) is 5.96. The highest BCUT2D eigenvalue weighted by Crippen LogP contribution is 2.22. The summed E-state index contributed by atoms with van der Waals surface area (Å²) in [6.07, 6.45) is 0. The fraction of sp³-hybridized carbons (Fsp3) is 0.417. The third kappa shape index (κ3) is 5.19. The lowest BCUT2D eigenvalue weighted by Crippen LogP contribution is -2.32. The van der Waals surface area contributed by atoms with E-state index in [1.807, 2.05) is 25.1 Å². The van der Waals surface area contributed by atoms with Crippen LogP contribution in [0.4, 0.5) is 5.69 Å². The van der Waals surface area contributed by atoms with Gasteiger partial charge in [-0.3, -0.25) is 4.79 Å². The smallest absolute Gasteiger partial charge is 0.239 e. The van der Waals surface area contributed by atoms with Gasteiger partial charge in [-0.2, -0.15) is 0 Å². The minimum atomic E-state index is -0.0459. The van der Waals surface area contributed by atoms with Gasteiger partial charge in [0, 0.05) is 23.8 Å². The second-order valence-electron chi connectivity index (χ2n) is 3.68. The Kier molecular flexibility index (Phi) is 6.00. The van der Waals surface area contributed by atoms with Crippen molar-refractivity contribution in [1.82, 2.24) is 5.32 Å². The van der Waals surface area contributed by atoms with E-state index in [9.17, 15) is 4.79 Å². The lowest BCUT2D eigenvalue weighted by molar-refractivity contribution is -0.119. The number of anilines is 1. The maximum Gasteiger partial charge on any atom is 0.239 e. The third-order valence-electron chi connectivity index (χ3n) is 2.19. The molecule has 0 atom stereocenters. The van der Waals surface area contributed by atoms with E-state index >= 15 is 0 Å². The lowest BCUT2D eigenvalue weighted by Gasteiger charge is -2.09. The summed E-state index contributed by atoms with van der Waals surface area (Å²) in [6.45, 7) is 3.33. The first kappa shape index (κ1) is 14.0. The van der Waals surface area contributed by atoms with Crippen LogP contribution in [0.15, 0.2) is 22.7 Å². The molecule has 94 valence electrons. The minimum absolute atomic E-state index is 0.0459. The van der Waals surface area contributed by atoms with Crippen molar-refractivity contribution >= 4 is 27.5 Å². The van der Waals surface area contributed by atoms with Gasteiger partial charge in [0.1, 0.15) is 0 Å². The fourth-order valence-electron chi connectivity index (χ4n) is 1.31. The van der Waals surface area contributed by atoms with E-state index in [0.717, 1.165) is 15.7 Å². The Morgan fingerprint density at radius 2 is 2.24 bits per heavy atom. The van der Waals surface area contributed by atoms with E-state index in [2.05, 4.69) is 26.6 Å². The van der Waals surface area contributed by atoms with Gasteiger partial charge in [-0.15, -0.1) is 0 Å². The van der Waals surface area contributed by atoms with Crippen LogP contribution >= 0.6 is 15.9 Å². The predicted octanol–water partition coefficient (Wildman–Crippen LogP) is 1.93. The summed E-state index contributed by atoms with van der Waals surface area (Å²) in [5, 5.41) is 5.83. The number of carbonyl (C=O) groups is 1. The summed E-state index contributed by atoms with van der Waals surface area (Å²) >= 11 is 3.43. The molecule has 0 heterocycles. The first-order valence-corrected chi connectivity index (χ1v) is 6.18. The molecule has 0 saturated heterocycles. The topological polar surface area (TPSA) is 50.4 Å². The number of hydrogen-bond donors (Lipinski definition) is 2. The highest BCUT2D eigenvalue weighted by Gasteiger charge is 2.03. The van der Waals surface area contributed by atoms with Crippen LogP contribution < -0.4 is 10.6 Å². The Hall–Kier alpha value is -1.07.